The molecule has 21 heavy (non-hydrogen) atoms. The van der Waals surface area contributed by atoms with Gasteiger partial charge in [-0.3, -0.25) is 0 Å². The molecule has 0 radical (unpaired) electrons. The zero-order valence-corrected chi connectivity index (χ0v) is 14.0. The summed E-state index contributed by atoms with van der Waals surface area (Å²) in [5, 5.41) is 14.1. The van der Waals surface area contributed by atoms with Crippen LogP contribution in [0.15, 0.2) is 24.3 Å². The second-order valence-corrected chi connectivity index (χ2v) is 7.16. The van der Waals surface area contributed by atoms with Crippen LogP contribution in [0.2, 0.25) is 0 Å². The molecule has 1 heterocycles. The molecule has 2 N–H and O–H groups in total. The molecule has 3 nitrogen and oxygen atoms in total. The Morgan fingerprint density at radius 3 is 2.62 bits per heavy atom. The molecule has 0 spiro atoms. The number of rotatable bonds is 6. The van der Waals surface area contributed by atoms with Crippen molar-refractivity contribution < 1.29 is 5.11 Å². The fraction of sp³-hybridized carbons (Fsp3) is 0.471. The highest BCUT2D eigenvalue weighted by Gasteiger charge is 2.14. The molecule has 0 aliphatic carbocycles. The number of aromatic hydroxyl groups is 1. The van der Waals surface area contributed by atoms with Gasteiger partial charge in [-0.25, -0.2) is 4.98 Å². The first-order chi connectivity index (χ1) is 9.95. The molecule has 0 amide bonds. The van der Waals surface area contributed by atoms with E-state index in [0.29, 0.717) is 12.0 Å². The van der Waals surface area contributed by atoms with E-state index in [1.165, 1.54) is 10.6 Å². The van der Waals surface area contributed by atoms with Crippen molar-refractivity contribution in [3.05, 3.63) is 34.8 Å². The van der Waals surface area contributed by atoms with Crippen LogP contribution in [0.1, 0.15) is 38.3 Å². The van der Waals surface area contributed by atoms with E-state index < -0.39 is 0 Å². The van der Waals surface area contributed by atoms with Crippen molar-refractivity contribution >= 4 is 11.3 Å². The van der Waals surface area contributed by atoms with Crippen LogP contribution in [0.3, 0.4) is 0 Å². The van der Waals surface area contributed by atoms with E-state index in [0.717, 1.165) is 23.5 Å². The van der Waals surface area contributed by atoms with Gasteiger partial charge in [-0.15, -0.1) is 11.3 Å². The highest BCUT2D eigenvalue weighted by atomic mass is 32.1. The lowest BCUT2D eigenvalue weighted by Gasteiger charge is -2.08. The van der Waals surface area contributed by atoms with E-state index in [1.54, 1.807) is 23.5 Å². The quantitative estimate of drug-likeness (QED) is 0.840. The summed E-state index contributed by atoms with van der Waals surface area (Å²) in [6, 6.07) is 7.78. The molecule has 0 aliphatic rings. The standard InChI is InChI=1S/C17H24N2OS/c1-11(2)8-15-16(10-18-12(3)4)21-17(19-15)13-6-5-7-14(20)9-13/h5-7,9,11-12,18,20H,8,10H2,1-4H3. The summed E-state index contributed by atoms with van der Waals surface area (Å²) < 4.78 is 0. The van der Waals surface area contributed by atoms with E-state index in [1.807, 2.05) is 12.1 Å². The van der Waals surface area contributed by atoms with Gasteiger partial charge in [-0.05, 0) is 24.5 Å². The van der Waals surface area contributed by atoms with E-state index in [4.69, 9.17) is 4.98 Å². The summed E-state index contributed by atoms with van der Waals surface area (Å²) >= 11 is 1.72. The lowest BCUT2D eigenvalue weighted by Crippen LogP contribution is -2.22. The van der Waals surface area contributed by atoms with Crippen molar-refractivity contribution in [1.29, 1.82) is 0 Å². The highest BCUT2D eigenvalue weighted by molar-refractivity contribution is 7.15. The number of benzene rings is 1. The van der Waals surface area contributed by atoms with Crippen LogP contribution < -0.4 is 5.32 Å². The third kappa shape index (κ3) is 4.55. The Morgan fingerprint density at radius 1 is 1.24 bits per heavy atom. The third-order valence-electron chi connectivity index (χ3n) is 3.14. The molecule has 2 rings (SSSR count). The Morgan fingerprint density at radius 2 is 2.00 bits per heavy atom. The van der Waals surface area contributed by atoms with Crippen molar-refractivity contribution in [2.24, 2.45) is 5.92 Å². The zero-order chi connectivity index (χ0) is 15.4. The first-order valence-corrected chi connectivity index (χ1v) is 8.28. The van der Waals surface area contributed by atoms with Gasteiger partial charge in [0.1, 0.15) is 10.8 Å². The van der Waals surface area contributed by atoms with E-state index >= 15 is 0 Å². The normalized spacial score (nSPS) is 11.5. The van der Waals surface area contributed by atoms with Crippen LogP contribution in [0.25, 0.3) is 10.6 Å². The maximum absolute atomic E-state index is 9.64. The molecule has 114 valence electrons. The van der Waals surface area contributed by atoms with Crippen molar-refractivity contribution in [3.8, 4) is 16.3 Å². The zero-order valence-electron chi connectivity index (χ0n) is 13.2. The third-order valence-corrected chi connectivity index (χ3v) is 4.29. The molecular formula is C17H24N2OS. The largest absolute Gasteiger partial charge is 0.508 e. The average Bonchev–Trinajstić information content (AvgIpc) is 2.78. The molecule has 1 aromatic carbocycles. The minimum absolute atomic E-state index is 0.287. The summed E-state index contributed by atoms with van der Waals surface area (Å²) in [6.45, 7) is 9.59. The Labute approximate surface area is 131 Å². The fourth-order valence-electron chi connectivity index (χ4n) is 2.13. The predicted octanol–water partition coefficient (Wildman–Crippen LogP) is 4.21. The molecule has 0 bridgehead atoms. The summed E-state index contributed by atoms with van der Waals surface area (Å²) in [6.07, 6.45) is 0.991. The summed E-state index contributed by atoms with van der Waals surface area (Å²) in [4.78, 5) is 6.11. The lowest BCUT2D eigenvalue weighted by molar-refractivity contribution is 0.475. The number of hydrogen-bond acceptors (Lipinski definition) is 4. The van der Waals surface area contributed by atoms with Crippen molar-refractivity contribution in [1.82, 2.24) is 10.3 Å². The first kappa shape index (κ1) is 16.0. The average molecular weight is 304 g/mol. The Kier molecular flexibility index (Phi) is 5.37. The minimum atomic E-state index is 0.287. The molecule has 1 aromatic heterocycles. The molecule has 0 atom stereocenters. The predicted molar refractivity (Wildman–Crippen MR) is 89.7 cm³/mol. The van der Waals surface area contributed by atoms with Gasteiger partial charge in [0, 0.05) is 23.0 Å². The Hall–Kier alpha value is -1.39. The maximum Gasteiger partial charge on any atom is 0.124 e. The minimum Gasteiger partial charge on any atom is -0.508 e. The molecule has 0 unspecified atom stereocenters. The number of nitrogens with zero attached hydrogens (tertiary/aromatic N) is 1. The molecule has 4 heteroatoms. The smallest absolute Gasteiger partial charge is 0.124 e. The number of thiazole rings is 1. The van der Waals surface area contributed by atoms with Crippen LogP contribution in [-0.2, 0) is 13.0 Å². The van der Waals surface area contributed by atoms with Crippen LogP contribution in [0.4, 0.5) is 0 Å². The topological polar surface area (TPSA) is 45.2 Å². The van der Waals surface area contributed by atoms with Gasteiger partial charge in [0.2, 0.25) is 0 Å². The van der Waals surface area contributed by atoms with Crippen molar-refractivity contribution in [3.63, 3.8) is 0 Å². The van der Waals surface area contributed by atoms with Crippen LogP contribution in [0, 0.1) is 5.92 Å². The lowest BCUT2D eigenvalue weighted by atomic mass is 10.1. The molecule has 0 aliphatic heterocycles. The van der Waals surface area contributed by atoms with Crippen molar-refractivity contribution in [2.45, 2.75) is 46.7 Å². The van der Waals surface area contributed by atoms with E-state index in [9.17, 15) is 5.11 Å². The molecule has 0 saturated heterocycles. The summed E-state index contributed by atoms with van der Waals surface area (Å²) in [7, 11) is 0. The summed E-state index contributed by atoms with van der Waals surface area (Å²) in [5.74, 6) is 0.872. The Balaban J connectivity index is 2.30. The van der Waals surface area contributed by atoms with Crippen LogP contribution in [0.5, 0.6) is 5.75 Å². The number of hydrogen-bond donors (Lipinski definition) is 2. The number of aromatic nitrogens is 1. The summed E-state index contributed by atoms with van der Waals surface area (Å²) in [5.41, 5.74) is 2.17. The van der Waals surface area contributed by atoms with Gasteiger partial charge < -0.3 is 10.4 Å². The number of phenols is 1. The van der Waals surface area contributed by atoms with Crippen LogP contribution >= 0.6 is 11.3 Å². The Bertz CT molecular complexity index is 590. The van der Waals surface area contributed by atoms with E-state index in [2.05, 4.69) is 33.0 Å². The van der Waals surface area contributed by atoms with Gasteiger partial charge >= 0.3 is 0 Å². The molecule has 2 aromatic rings. The molecule has 0 fully saturated rings. The van der Waals surface area contributed by atoms with Gasteiger partial charge in [-0.2, -0.15) is 0 Å². The number of phenolic OH excluding ortho intramolecular Hbond substituents is 1. The maximum atomic E-state index is 9.64. The second-order valence-electron chi connectivity index (χ2n) is 6.07. The molecular weight excluding hydrogens is 280 g/mol. The molecule has 0 saturated carbocycles. The van der Waals surface area contributed by atoms with Gasteiger partial charge in [0.25, 0.3) is 0 Å². The SMILES string of the molecule is CC(C)Cc1nc(-c2cccc(O)c2)sc1CNC(C)C. The fourth-order valence-corrected chi connectivity index (χ4v) is 3.16. The van der Waals surface area contributed by atoms with Gasteiger partial charge in [0.05, 0.1) is 5.69 Å². The van der Waals surface area contributed by atoms with E-state index in [-0.39, 0.29) is 5.75 Å². The second kappa shape index (κ2) is 7.05. The highest BCUT2D eigenvalue weighted by Crippen LogP contribution is 2.31. The van der Waals surface area contributed by atoms with Gasteiger partial charge in [0.15, 0.2) is 0 Å². The first-order valence-electron chi connectivity index (χ1n) is 7.47. The van der Waals surface area contributed by atoms with Crippen LogP contribution in [-0.4, -0.2) is 16.1 Å². The van der Waals surface area contributed by atoms with Crippen molar-refractivity contribution in [2.75, 3.05) is 0 Å². The number of nitrogens with one attached hydrogen (secondary N) is 1. The van der Waals surface area contributed by atoms with Gasteiger partial charge in [-0.1, -0.05) is 39.8 Å². The monoisotopic (exact) mass is 304 g/mol.